The molecule has 2 aromatic heterocycles. The summed E-state index contributed by atoms with van der Waals surface area (Å²) in [6.07, 6.45) is 1.80. The second-order valence-corrected chi connectivity index (χ2v) is 5.24. The van der Waals surface area contributed by atoms with Crippen LogP contribution in [0.2, 0.25) is 0 Å². The smallest absolute Gasteiger partial charge is 0.271 e. The van der Waals surface area contributed by atoms with E-state index in [1.54, 1.807) is 29.7 Å². The van der Waals surface area contributed by atoms with Gasteiger partial charge in [-0.05, 0) is 19.1 Å². The molecule has 0 spiro atoms. The summed E-state index contributed by atoms with van der Waals surface area (Å²) in [4.78, 5) is 15.8. The van der Waals surface area contributed by atoms with E-state index in [-0.39, 0.29) is 5.91 Å². The van der Waals surface area contributed by atoms with Crippen molar-refractivity contribution in [1.29, 1.82) is 0 Å². The fraction of sp³-hybridized carbons (Fsp3) is 0.385. The standard InChI is InChI=1S/C13H17N5OS/c1-3-14-12(19)10-4-5-11(18-17-10)16-8-9(2)13-15-6-7-20-13/h4-7,9H,3,8H2,1-2H3,(H,14,19)(H,16,18). The Labute approximate surface area is 121 Å². The zero-order chi connectivity index (χ0) is 14.4. The molecule has 0 aliphatic carbocycles. The second-order valence-electron chi connectivity index (χ2n) is 4.32. The van der Waals surface area contributed by atoms with Crippen molar-refractivity contribution in [3.05, 3.63) is 34.4 Å². The van der Waals surface area contributed by atoms with Gasteiger partial charge in [0.25, 0.3) is 5.91 Å². The molecule has 1 unspecified atom stereocenters. The summed E-state index contributed by atoms with van der Waals surface area (Å²) in [5.74, 6) is 0.754. The van der Waals surface area contributed by atoms with Crippen LogP contribution in [0.15, 0.2) is 23.7 Å². The molecule has 0 saturated carbocycles. The quantitative estimate of drug-likeness (QED) is 0.849. The average molecular weight is 291 g/mol. The highest BCUT2D eigenvalue weighted by Crippen LogP contribution is 2.17. The number of amides is 1. The van der Waals surface area contributed by atoms with Gasteiger partial charge in [0.05, 0.1) is 5.01 Å². The van der Waals surface area contributed by atoms with Crippen molar-refractivity contribution in [3.8, 4) is 0 Å². The molecule has 0 bridgehead atoms. The lowest BCUT2D eigenvalue weighted by atomic mass is 10.2. The minimum atomic E-state index is -0.206. The number of carbonyl (C=O) groups is 1. The minimum absolute atomic E-state index is 0.206. The van der Waals surface area contributed by atoms with Gasteiger partial charge in [0.1, 0.15) is 5.82 Å². The summed E-state index contributed by atoms with van der Waals surface area (Å²) in [6, 6.07) is 3.42. The molecular weight excluding hydrogens is 274 g/mol. The van der Waals surface area contributed by atoms with E-state index in [2.05, 4.69) is 32.7 Å². The number of nitrogens with zero attached hydrogens (tertiary/aromatic N) is 3. The summed E-state index contributed by atoms with van der Waals surface area (Å²) < 4.78 is 0. The third kappa shape index (κ3) is 3.74. The largest absolute Gasteiger partial charge is 0.368 e. The van der Waals surface area contributed by atoms with E-state index in [1.165, 1.54) is 0 Å². The van der Waals surface area contributed by atoms with Crippen molar-refractivity contribution in [3.63, 3.8) is 0 Å². The van der Waals surface area contributed by atoms with Gasteiger partial charge in [0.2, 0.25) is 0 Å². The summed E-state index contributed by atoms with van der Waals surface area (Å²) in [6.45, 7) is 5.26. The molecule has 2 heterocycles. The molecule has 0 saturated heterocycles. The van der Waals surface area contributed by atoms with Crippen molar-refractivity contribution in [1.82, 2.24) is 20.5 Å². The van der Waals surface area contributed by atoms with Crippen LogP contribution >= 0.6 is 11.3 Å². The number of rotatable bonds is 6. The summed E-state index contributed by atoms with van der Waals surface area (Å²) >= 11 is 1.64. The Bertz CT molecular complexity index is 540. The van der Waals surface area contributed by atoms with Gasteiger partial charge in [-0.3, -0.25) is 4.79 Å². The van der Waals surface area contributed by atoms with Crippen LogP contribution in [0.25, 0.3) is 0 Å². The van der Waals surface area contributed by atoms with Crippen LogP contribution in [0, 0.1) is 0 Å². The van der Waals surface area contributed by atoms with E-state index >= 15 is 0 Å². The van der Waals surface area contributed by atoms with Crippen LogP contribution in [-0.4, -0.2) is 34.2 Å². The highest BCUT2D eigenvalue weighted by Gasteiger charge is 2.09. The Morgan fingerprint density at radius 2 is 2.25 bits per heavy atom. The summed E-state index contributed by atoms with van der Waals surface area (Å²) in [5.41, 5.74) is 0.324. The Morgan fingerprint density at radius 1 is 1.40 bits per heavy atom. The highest BCUT2D eigenvalue weighted by atomic mass is 32.1. The SMILES string of the molecule is CCNC(=O)c1ccc(NCC(C)c2nccs2)nn1. The van der Waals surface area contributed by atoms with Crippen LogP contribution < -0.4 is 10.6 Å². The van der Waals surface area contributed by atoms with E-state index < -0.39 is 0 Å². The van der Waals surface area contributed by atoms with E-state index in [0.29, 0.717) is 24.0 Å². The Morgan fingerprint density at radius 3 is 2.85 bits per heavy atom. The van der Waals surface area contributed by atoms with Crippen molar-refractivity contribution in [2.24, 2.45) is 0 Å². The molecule has 20 heavy (non-hydrogen) atoms. The molecule has 0 aliphatic rings. The number of carbonyl (C=O) groups excluding carboxylic acids is 1. The van der Waals surface area contributed by atoms with Crippen molar-refractivity contribution < 1.29 is 4.79 Å². The molecule has 6 nitrogen and oxygen atoms in total. The van der Waals surface area contributed by atoms with Crippen molar-refractivity contribution in [2.75, 3.05) is 18.4 Å². The molecule has 1 amide bonds. The monoisotopic (exact) mass is 291 g/mol. The number of anilines is 1. The molecule has 0 fully saturated rings. The highest BCUT2D eigenvalue weighted by molar-refractivity contribution is 7.09. The summed E-state index contributed by atoms with van der Waals surface area (Å²) in [5, 5.41) is 16.8. The van der Waals surface area contributed by atoms with Gasteiger partial charge < -0.3 is 10.6 Å². The Hall–Kier alpha value is -2.02. The molecule has 0 aliphatic heterocycles. The Kier molecular flexibility index (Phi) is 5.00. The first-order chi connectivity index (χ1) is 9.70. The van der Waals surface area contributed by atoms with Crippen LogP contribution in [0.1, 0.15) is 35.3 Å². The number of hydrogen-bond donors (Lipinski definition) is 2. The third-order valence-corrected chi connectivity index (χ3v) is 3.70. The van der Waals surface area contributed by atoms with E-state index in [1.807, 2.05) is 12.3 Å². The molecule has 7 heteroatoms. The first kappa shape index (κ1) is 14.4. The van der Waals surface area contributed by atoms with Gasteiger partial charge in [-0.25, -0.2) is 4.98 Å². The van der Waals surface area contributed by atoms with Gasteiger partial charge in [-0.15, -0.1) is 21.5 Å². The first-order valence-corrected chi connectivity index (χ1v) is 7.34. The lowest BCUT2D eigenvalue weighted by Gasteiger charge is -2.10. The predicted octanol–water partition coefficient (Wildman–Crippen LogP) is 1.90. The number of thiazole rings is 1. The van der Waals surface area contributed by atoms with Gasteiger partial charge in [-0.2, -0.15) is 0 Å². The van der Waals surface area contributed by atoms with E-state index in [4.69, 9.17) is 0 Å². The third-order valence-electron chi connectivity index (χ3n) is 2.70. The molecule has 0 radical (unpaired) electrons. The van der Waals surface area contributed by atoms with Crippen molar-refractivity contribution in [2.45, 2.75) is 19.8 Å². The summed E-state index contributed by atoms with van der Waals surface area (Å²) in [7, 11) is 0. The molecule has 1 atom stereocenters. The van der Waals surface area contributed by atoms with Gasteiger partial charge in [0.15, 0.2) is 5.69 Å². The maximum absolute atomic E-state index is 11.5. The maximum atomic E-state index is 11.5. The fourth-order valence-electron chi connectivity index (χ4n) is 1.62. The van der Waals surface area contributed by atoms with Crippen molar-refractivity contribution >= 4 is 23.1 Å². The molecule has 2 rings (SSSR count). The molecule has 2 aromatic rings. The zero-order valence-electron chi connectivity index (χ0n) is 11.5. The minimum Gasteiger partial charge on any atom is -0.368 e. The normalized spacial score (nSPS) is 11.9. The van der Waals surface area contributed by atoms with Crippen LogP contribution in [0.3, 0.4) is 0 Å². The lowest BCUT2D eigenvalue weighted by molar-refractivity contribution is 0.0950. The topological polar surface area (TPSA) is 79.8 Å². The maximum Gasteiger partial charge on any atom is 0.271 e. The molecular formula is C13H17N5OS. The second kappa shape index (κ2) is 6.95. The average Bonchev–Trinajstić information content (AvgIpc) is 3.00. The van der Waals surface area contributed by atoms with Crippen LogP contribution in [0.4, 0.5) is 5.82 Å². The lowest BCUT2D eigenvalue weighted by Crippen LogP contribution is -2.24. The Balaban J connectivity index is 1.89. The fourth-order valence-corrected chi connectivity index (χ4v) is 2.32. The molecule has 2 N–H and O–H groups in total. The number of hydrogen-bond acceptors (Lipinski definition) is 6. The van der Waals surface area contributed by atoms with Gasteiger partial charge in [-0.1, -0.05) is 6.92 Å². The number of aromatic nitrogens is 3. The van der Waals surface area contributed by atoms with Gasteiger partial charge >= 0.3 is 0 Å². The van der Waals surface area contributed by atoms with Crippen LogP contribution in [-0.2, 0) is 0 Å². The molecule has 0 aromatic carbocycles. The van der Waals surface area contributed by atoms with Crippen LogP contribution in [0.5, 0.6) is 0 Å². The van der Waals surface area contributed by atoms with E-state index in [9.17, 15) is 4.79 Å². The molecule has 106 valence electrons. The zero-order valence-corrected chi connectivity index (χ0v) is 12.3. The first-order valence-electron chi connectivity index (χ1n) is 6.46. The predicted molar refractivity (Wildman–Crippen MR) is 79.1 cm³/mol. The van der Waals surface area contributed by atoms with E-state index in [0.717, 1.165) is 11.6 Å². The van der Waals surface area contributed by atoms with Gasteiger partial charge in [0, 0.05) is 30.6 Å². The number of nitrogens with one attached hydrogen (secondary N) is 2.